The number of ether oxygens (including phenoxy) is 2. The first kappa shape index (κ1) is 56.0. The number of rotatable bonds is 6. The lowest BCUT2D eigenvalue weighted by atomic mass is 10.4. The van der Waals surface area contributed by atoms with E-state index in [0.717, 1.165) is 21.1 Å². The molecule has 68 heavy (non-hydrogen) atoms. The number of nitrogen functional groups attached to an aromatic ring is 2. The Hall–Kier alpha value is -8.12. The predicted octanol–water partition coefficient (Wildman–Crippen LogP) is 5.22. The van der Waals surface area contributed by atoms with Crippen molar-refractivity contribution >= 4 is 131 Å². The van der Waals surface area contributed by atoms with E-state index >= 15 is 0 Å². The molecule has 34 heteroatoms. The maximum Gasteiger partial charge on any atom is 0.419 e. The number of hydrogen-bond donors (Lipinski definition) is 7. The number of nitrogens with one attached hydrogen (secondary N) is 5. The Kier molecular flexibility index (Phi) is 23.7. The summed E-state index contributed by atoms with van der Waals surface area (Å²) in [7, 11) is 0. The van der Waals surface area contributed by atoms with Crippen LogP contribution in [0.1, 0.15) is 20.8 Å². The molecule has 0 bridgehead atoms. The Morgan fingerprint density at radius 3 is 1.88 bits per heavy atom. The van der Waals surface area contributed by atoms with E-state index in [2.05, 4.69) is 105 Å². The van der Waals surface area contributed by atoms with E-state index < -0.39 is 17.4 Å². The van der Waals surface area contributed by atoms with Crippen LogP contribution in [0.5, 0.6) is 0 Å². The van der Waals surface area contributed by atoms with Gasteiger partial charge in [-0.15, -0.1) is 20.4 Å². The van der Waals surface area contributed by atoms with Crippen molar-refractivity contribution in [1.29, 1.82) is 0 Å². The fourth-order valence-electron chi connectivity index (χ4n) is 4.61. The Balaban J connectivity index is 0.000000282. The third kappa shape index (κ3) is 17.7. The van der Waals surface area contributed by atoms with Gasteiger partial charge in [0.2, 0.25) is 5.69 Å². The molecule has 0 atom stereocenters. The predicted molar refractivity (Wildman–Crippen MR) is 245 cm³/mol. The van der Waals surface area contributed by atoms with E-state index in [1.54, 1.807) is 44.4 Å². The van der Waals surface area contributed by atoms with Crippen LogP contribution in [0.25, 0.3) is 37.9 Å². The van der Waals surface area contributed by atoms with Crippen molar-refractivity contribution in [2.45, 2.75) is 27.3 Å². The monoisotopic (exact) mass is 1040 g/mol. The van der Waals surface area contributed by atoms with E-state index in [1.165, 1.54) is 24.5 Å². The summed E-state index contributed by atoms with van der Waals surface area (Å²) in [5, 5.41) is 27.9. The van der Waals surface area contributed by atoms with Gasteiger partial charge in [0.05, 0.1) is 35.9 Å². The minimum absolute atomic E-state index is 0.119. The first-order valence-electron chi connectivity index (χ1n) is 18.2. The van der Waals surface area contributed by atoms with Gasteiger partial charge in [-0.1, -0.05) is 22.0 Å². The molecule has 0 unspecified atom stereocenters. The summed E-state index contributed by atoms with van der Waals surface area (Å²) in [6, 6.07) is 8.16. The fourth-order valence-corrected chi connectivity index (χ4v) is 4.80. The number of fused-ring (bicyclic) bond motifs is 3. The van der Waals surface area contributed by atoms with Crippen molar-refractivity contribution in [3.05, 3.63) is 98.6 Å². The lowest BCUT2D eigenvalue weighted by molar-refractivity contribution is -0.191. The second-order valence-electron chi connectivity index (χ2n) is 11.4. The van der Waals surface area contributed by atoms with E-state index in [1.807, 2.05) is 17.7 Å². The van der Waals surface area contributed by atoms with Gasteiger partial charge in [0.1, 0.15) is 17.3 Å². The number of anilines is 3. The van der Waals surface area contributed by atoms with Crippen LogP contribution in [-0.4, -0.2) is 108 Å². The minimum Gasteiger partial charge on any atom is -0.449 e. The third-order valence-corrected chi connectivity index (χ3v) is 7.69. The first-order chi connectivity index (χ1) is 32.4. The van der Waals surface area contributed by atoms with Gasteiger partial charge in [-0.25, -0.2) is 39.2 Å². The van der Waals surface area contributed by atoms with Crippen LogP contribution >= 0.6 is 50.5 Å². The zero-order valence-electron chi connectivity index (χ0n) is 35.0. The van der Waals surface area contributed by atoms with Gasteiger partial charge in [-0.2, -0.15) is 9.59 Å². The highest BCUT2D eigenvalue weighted by atomic mass is 36.0. The third-order valence-electron chi connectivity index (χ3n) is 7.41. The van der Waals surface area contributed by atoms with Crippen LogP contribution in [0, 0.1) is 6.57 Å². The molecule has 29 nitrogen and oxygen atoms in total. The van der Waals surface area contributed by atoms with Gasteiger partial charge < -0.3 is 40.3 Å². The number of hydrogen-bond acceptors (Lipinski definition) is 21. The number of halogens is 4. The molecule has 0 aromatic carbocycles. The number of aryl methyl sites for hydroxylation is 1. The molecule has 0 saturated carbocycles. The van der Waals surface area contributed by atoms with Crippen LogP contribution in [0.2, 0.25) is 5.15 Å². The van der Waals surface area contributed by atoms with Crippen molar-refractivity contribution in [3.63, 3.8) is 0 Å². The topological polar surface area (TPSA) is 401 Å². The fraction of sp³-hybridized carbons (Fsp3) is 0.176. The van der Waals surface area contributed by atoms with Crippen LogP contribution in [-0.2, 0) is 39.8 Å². The Bertz CT molecular complexity index is 3120. The van der Waals surface area contributed by atoms with Crippen molar-refractivity contribution in [2.75, 3.05) is 30.2 Å². The highest BCUT2D eigenvalue weighted by molar-refractivity contribution is 8.24. The number of aromatic amines is 4. The van der Waals surface area contributed by atoms with Gasteiger partial charge in [0, 0.05) is 37.5 Å². The van der Waals surface area contributed by atoms with Gasteiger partial charge in [-0.3, -0.25) is 18.9 Å². The molecular formula is C34H35Cl4N18O11P. The normalized spacial score (nSPS) is 9.79. The molecule has 0 aliphatic heterocycles. The quantitative estimate of drug-likeness (QED) is 0.0369. The van der Waals surface area contributed by atoms with Crippen LogP contribution in [0.4, 0.5) is 32.6 Å². The summed E-state index contributed by atoms with van der Waals surface area (Å²) in [6.45, 7) is 13.7. The molecular weight excluding hydrogens is 1010 g/mol. The molecule has 0 fully saturated rings. The van der Waals surface area contributed by atoms with Gasteiger partial charge >= 0.3 is 30.0 Å². The molecule has 8 rings (SSSR count). The van der Waals surface area contributed by atoms with E-state index in [4.69, 9.17) is 48.7 Å². The van der Waals surface area contributed by atoms with Gasteiger partial charge in [0.15, 0.2) is 22.1 Å². The number of aromatic nitrogens is 14. The average molecular weight is 1040 g/mol. The molecule has 0 aliphatic rings. The smallest absolute Gasteiger partial charge is 0.419 e. The second kappa shape index (κ2) is 28.7. The first-order valence-corrected chi connectivity index (χ1v) is 23.0. The zero-order valence-corrected chi connectivity index (χ0v) is 38.9. The van der Waals surface area contributed by atoms with Crippen molar-refractivity contribution < 1.29 is 42.8 Å². The summed E-state index contributed by atoms with van der Waals surface area (Å²) in [5.74, 6) is 0.674. The number of H-pyrrole nitrogens is 4. The van der Waals surface area contributed by atoms with Crippen LogP contribution in [0.15, 0.2) is 70.9 Å². The average Bonchev–Trinajstić information content (AvgIpc) is 4.16. The molecule has 8 aromatic rings. The standard InChI is InChI=1S/C8H8N4O3.C8H9N3O2.C7H11N3O2.C5H3ClN4.C5H4N4O.CO2.Cl3OP/c1-2-15-8(14)12-4-3-5-6(12)9-11-10-7(5)13;1-3-13-8(12)11-5-4-6(10-2)7(11)9;1-2-10-4-3-6(7(10)8)9-12-5-11;6-4-3-1-2-7-5(3)9-10-8-4;10-5-3-1-2-6-4(3)7-9-8-5;2-1-3;1-5(2,3)4/h3-4H,2H2,1H3,(H,9,10,13);4-5H,3,9H2,1H3;3-5,9H,2,8H2,1H3;1-2H,(H,7,8,9);1-2H,(H2,6,7,8,10);;. The van der Waals surface area contributed by atoms with E-state index in [-0.39, 0.29) is 47.6 Å². The molecule has 9 N–H and O–H groups in total. The summed E-state index contributed by atoms with van der Waals surface area (Å²) in [5.41, 5.74) is 15.2. The number of carbonyl (C=O) groups excluding carboxylic acids is 5. The Labute approximate surface area is 398 Å². The number of carbonyl (C=O) groups is 3. The van der Waals surface area contributed by atoms with E-state index in [0.29, 0.717) is 45.2 Å². The highest BCUT2D eigenvalue weighted by Gasteiger charge is 2.13. The summed E-state index contributed by atoms with van der Waals surface area (Å²) in [6.07, 6.45) is 7.16. The summed E-state index contributed by atoms with van der Waals surface area (Å²) < 4.78 is 23.1. The van der Waals surface area contributed by atoms with Crippen molar-refractivity contribution in [2.24, 2.45) is 0 Å². The van der Waals surface area contributed by atoms with Crippen LogP contribution < -0.4 is 28.1 Å². The summed E-state index contributed by atoms with van der Waals surface area (Å²) >= 11 is 19.5. The second-order valence-corrected chi connectivity index (χ2v) is 18.4. The molecule has 360 valence electrons. The Morgan fingerprint density at radius 1 is 0.824 bits per heavy atom. The maximum absolute atomic E-state index is 11.4. The van der Waals surface area contributed by atoms with E-state index in [9.17, 15) is 28.5 Å². The minimum atomic E-state index is -3.22. The molecule has 8 heterocycles. The largest absolute Gasteiger partial charge is 0.449 e. The molecule has 0 amide bonds. The molecule has 0 aliphatic carbocycles. The SMILES string of the molecule is CCOC(=O)n1ccc2c(=O)[nH]nnc21.CCn1ccc(NOC=O)c1N.Clc1nnnc2[nH]ccc12.O=C=O.O=P(Cl)(Cl)Cl.O=c1[nH]nnc2[nH]ccc12.[C-]#[N+]c1ccn(C(=O)OCC)c1N. The molecule has 0 saturated heterocycles. The van der Waals surface area contributed by atoms with Gasteiger partial charge in [0.25, 0.3) is 11.1 Å². The highest BCUT2D eigenvalue weighted by Crippen LogP contribution is 2.61. The number of nitrogens with two attached hydrogens (primary N) is 2. The lowest BCUT2D eigenvalue weighted by Crippen LogP contribution is -2.15. The van der Waals surface area contributed by atoms with Crippen molar-refractivity contribution in [3.8, 4) is 0 Å². The Morgan fingerprint density at radius 2 is 1.37 bits per heavy atom. The molecule has 0 radical (unpaired) electrons. The molecule has 8 aromatic heterocycles. The van der Waals surface area contributed by atoms with Gasteiger partial charge in [-0.05, 0) is 90.0 Å². The van der Waals surface area contributed by atoms with Crippen molar-refractivity contribution in [1.82, 2.24) is 69.9 Å². The number of nitrogens with zero attached hydrogens (tertiary/aromatic N) is 11. The zero-order chi connectivity index (χ0) is 50.8. The van der Waals surface area contributed by atoms with Crippen LogP contribution in [0.3, 0.4) is 0 Å². The molecule has 0 spiro atoms. The lowest BCUT2D eigenvalue weighted by Gasteiger charge is -2.03. The maximum atomic E-state index is 11.4. The summed E-state index contributed by atoms with van der Waals surface area (Å²) in [4.78, 5) is 83.8.